The van der Waals surface area contributed by atoms with Crippen molar-refractivity contribution in [2.75, 3.05) is 19.8 Å². The Kier molecular flexibility index (Phi) is 6.14. The highest BCUT2D eigenvalue weighted by Gasteiger charge is 2.16. The normalized spacial score (nSPS) is 17.4. The molecule has 0 aliphatic carbocycles. The summed E-state index contributed by atoms with van der Waals surface area (Å²) in [5.74, 6) is -0.206. The van der Waals surface area contributed by atoms with Gasteiger partial charge in [0.15, 0.2) is 0 Å². The van der Waals surface area contributed by atoms with Crippen LogP contribution in [0.3, 0.4) is 0 Å². The quantitative estimate of drug-likeness (QED) is 0.838. The van der Waals surface area contributed by atoms with Crippen LogP contribution in [0, 0.1) is 5.82 Å². The van der Waals surface area contributed by atoms with Gasteiger partial charge in [0.25, 0.3) is 0 Å². The minimum atomic E-state index is -0.227. The molecule has 1 unspecified atom stereocenters. The maximum Gasteiger partial charge on any atom is 0.234 e. The third-order valence-corrected chi connectivity index (χ3v) is 3.65. The van der Waals surface area contributed by atoms with Gasteiger partial charge < -0.3 is 15.4 Å². The molecule has 1 aliphatic rings. The summed E-state index contributed by atoms with van der Waals surface area (Å²) in [6, 6.07) is 6.86. The Morgan fingerprint density at radius 2 is 2.00 bits per heavy atom. The van der Waals surface area contributed by atoms with Gasteiger partial charge in [-0.15, -0.1) is 0 Å². The van der Waals surface area contributed by atoms with Gasteiger partial charge in [0.2, 0.25) is 5.91 Å². The number of rotatable bonds is 6. The zero-order chi connectivity index (χ0) is 15.1. The largest absolute Gasteiger partial charge is 0.381 e. The summed E-state index contributed by atoms with van der Waals surface area (Å²) in [7, 11) is 0. The number of benzene rings is 1. The smallest absolute Gasteiger partial charge is 0.234 e. The number of carbonyl (C=O) groups is 1. The maximum absolute atomic E-state index is 12.8. The molecule has 4 nitrogen and oxygen atoms in total. The van der Waals surface area contributed by atoms with E-state index in [0.717, 1.165) is 38.0 Å². The lowest BCUT2D eigenvalue weighted by atomic mass is 10.1. The Bertz CT molecular complexity index is 444. The number of nitrogens with one attached hydrogen (secondary N) is 2. The second-order valence-corrected chi connectivity index (χ2v) is 5.57. The molecular weight excluding hydrogens is 271 g/mol. The highest BCUT2D eigenvalue weighted by molar-refractivity contribution is 5.78. The van der Waals surface area contributed by atoms with E-state index in [9.17, 15) is 9.18 Å². The Balaban J connectivity index is 1.66. The molecule has 1 heterocycles. The van der Waals surface area contributed by atoms with Crippen LogP contribution < -0.4 is 10.6 Å². The summed E-state index contributed by atoms with van der Waals surface area (Å²) in [5, 5.41) is 6.21. The summed E-state index contributed by atoms with van der Waals surface area (Å²) < 4.78 is 18.1. The van der Waals surface area contributed by atoms with E-state index < -0.39 is 0 Å². The van der Waals surface area contributed by atoms with E-state index in [2.05, 4.69) is 10.6 Å². The summed E-state index contributed by atoms with van der Waals surface area (Å²) >= 11 is 0. The zero-order valence-corrected chi connectivity index (χ0v) is 12.4. The average molecular weight is 294 g/mol. The number of amides is 1. The van der Waals surface area contributed by atoms with Crippen LogP contribution >= 0.6 is 0 Å². The summed E-state index contributed by atoms with van der Waals surface area (Å²) in [4.78, 5) is 11.8. The van der Waals surface area contributed by atoms with E-state index in [0.29, 0.717) is 6.54 Å². The van der Waals surface area contributed by atoms with E-state index in [1.807, 2.05) is 6.92 Å². The molecule has 2 N–H and O–H groups in total. The molecule has 1 fully saturated rings. The molecule has 1 aliphatic heterocycles. The molecule has 1 aromatic rings. The molecule has 2 rings (SSSR count). The Labute approximate surface area is 125 Å². The molecule has 116 valence electrons. The van der Waals surface area contributed by atoms with Crippen LogP contribution in [0.1, 0.15) is 25.3 Å². The third-order valence-electron chi connectivity index (χ3n) is 3.65. The lowest BCUT2D eigenvalue weighted by Crippen LogP contribution is -2.44. The minimum absolute atomic E-state index is 0.0212. The molecule has 0 saturated carbocycles. The molecular formula is C16H23FN2O2. The third kappa shape index (κ3) is 5.81. The molecule has 1 aromatic carbocycles. The van der Waals surface area contributed by atoms with Crippen molar-refractivity contribution in [1.82, 2.24) is 10.6 Å². The minimum Gasteiger partial charge on any atom is -0.381 e. The van der Waals surface area contributed by atoms with Crippen LogP contribution in [0.5, 0.6) is 0 Å². The van der Waals surface area contributed by atoms with Gasteiger partial charge in [-0.1, -0.05) is 12.1 Å². The molecule has 1 saturated heterocycles. The lowest BCUT2D eigenvalue weighted by Gasteiger charge is -2.23. The van der Waals surface area contributed by atoms with Gasteiger partial charge in [-0.05, 0) is 43.9 Å². The van der Waals surface area contributed by atoms with Crippen LogP contribution in [-0.4, -0.2) is 37.7 Å². The topological polar surface area (TPSA) is 50.4 Å². The van der Waals surface area contributed by atoms with Crippen molar-refractivity contribution in [3.63, 3.8) is 0 Å². The van der Waals surface area contributed by atoms with Gasteiger partial charge in [-0.2, -0.15) is 0 Å². The fourth-order valence-electron chi connectivity index (χ4n) is 2.43. The van der Waals surface area contributed by atoms with Crippen LogP contribution in [0.15, 0.2) is 24.3 Å². The first-order valence-corrected chi connectivity index (χ1v) is 7.48. The first-order chi connectivity index (χ1) is 10.1. The van der Waals surface area contributed by atoms with Crippen molar-refractivity contribution in [2.24, 2.45) is 0 Å². The van der Waals surface area contributed by atoms with E-state index in [1.165, 1.54) is 12.1 Å². The van der Waals surface area contributed by atoms with E-state index in [4.69, 9.17) is 4.74 Å². The van der Waals surface area contributed by atoms with Crippen molar-refractivity contribution >= 4 is 5.91 Å². The predicted molar refractivity (Wildman–Crippen MR) is 79.6 cm³/mol. The first-order valence-electron chi connectivity index (χ1n) is 7.48. The Morgan fingerprint density at radius 1 is 1.33 bits per heavy atom. The van der Waals surface area contributed by atoms with E-state index in [1.54, 1.807) is 12.1 Å². The Hall–Kier alpha value is -1.46. The van der Waals surface area contributed by atoms with Crippen LogP contribution in [0.4, 0.5) is 4.39 Å². The van der Waals surface area contributed by atoms with Gasteiger partial charge >= 0.3 is 0 Å². The fourth-order valence-corrected chi connectivity index (χ4v) is 2.43. The number of hydrogen-bond acceptors (Lipinski definition) is 3. The monoisotopic (exact) mass is 294 g/mol. The SMILES string of the molecule is CC(Cc1ccc(F)cc1)NCC(=O)NC1CCOCC1. The van der Waals surface area contributed by atoms with Crippen molar-refractivity contribution in [2.45, 2.75) is 38.3 Å². The Morgan fingerprint density at radius 3 is 2.67 bits per heavy atom. The van der Waals surface area contributed by atoms with Crippen LogP contribution in [0.25, 0.3) is 0 Å². The van der Waals surface area contributed by atoms with E-state index in [-0.39, 0.29) is 23.8 Å². The van der Waals surface area contributed by atoms with Gasteiger partial charge in [0.1, 0.15) is 5.82 Å². The van der Waals surface area contributed by atoms with Gasteiger partial charge in [0.05, 0.1) is 6.54 Å². The molecule has 1 atom stereocenters. The number of hydrogen-bond donors (Lipinski definition) is 2. The fraction of sp³-hybridized carbons (Fsp3) is 0.562. The van der Waals surface area contributed by atoms with Crippen molar-refractivity contribution in [3.05, 3.63) is 35.6 Å². The lowest BCUT2D eigenvalue weighted by molar-refractivity contribution is -0.121. The maximum atomic E-state index is 12.8. The van der Waals surface area contributed by atoms with Gasteiger partial charge in [-0.25, -0.2) is 4.39 Å². The second kappa shape index (κ2) is 8.10. The van der Waals surface area contributed by atoms with E-state index >= 15 is 0 Å². The molecule has 5 heteroatoms. The molecule has 0 bridgehead atoms. The highest BCUT2D eigenvalue weighted by Crippen LogP contribution is 2.07. The van der Waals surface area contributed by atoms with Crippen molar-refractivity contribution in [3.8, 4) is 0 Å². The summed E-state index contributed by atoms with van der Waals surface area (Å²) in [6.07, 6.45) is 2.54. The van der Waals surface area contributed by atoms with Crippen molar-refractivity contribution < 1.29 is 13.9 Å². The second-order valence-electron chi connectivity index (χ2n) is 5.57. The highest BCUT2D eigenvalue weighted by atomic mass is 19.1. The summed E-state index contributed by atoms with van der Waals surface area (Å²) in [6.45, 7) is 3.77. The van der Waals surface area contributed by atoms with Gasteiger partial charge in [0, 0.05) is 25.3 Å². The predicted octanol–water partition coefficient (Wildman–Crippen LogP) is 1.64. The standard InChI is InChI=1S/C16H23FN2O2/c1-12(10-13-2-4-14(17)5-3-13)18-11-16(20)19-15-6-8-21-9-7-15/h2-5,12,15,18H,6-11H2,1H3,(H,19,20). The molecule has 1 amide bonds. The molecule has 0 radical (unpaired) electrons. The average Bonchev–Trinajstić information content (AvgIpc) is 2.49. The first kappa shape index (κ1) is 15.9. The molecule has 21 heavy (non-hydrogen) atoms. The number of halogens is 1. The number of carbonyl (C=O) groups excluding carboxylic acids is 1. The molecule has 0 aromatic heterocycles. The zero-order valence-electron chi connectivity index (χ0n) is 12.4. The van der Waals surface area contributed by atoms with Crippen LogP contribution in [-0.2, 0) is 16.0 Å². The van der Waals surface area contributed by atoms with Gasteiger partial charge in [-0.3, -0.25) is 4.79 Å². The summed E-state index contributed by atoms with van der Waals surface area (Å²) in [5.41, 5.74) is 1.06. The van der Waals surface area contributed by atoms with Crippen LogP contribution in [0.2, 0.25) is 0 Å². The van der Waals surface area contributed by atoms with Crippen molar-refractivity contribution in [1.29, 1.82) is 0 Å². The molecule has 0 spiro atoms. The number of ether oxygens (including phenoxy) is 1.